The van der Waals surface area contributed by atoms with Crippen LogP contribution in [-0.4, -0.2) is 22.4 Å². The van der Waals surface area contributed by atoms with Crippen molar-refractivity contribution in [2.24, 2.45) is 11.5 Å². The maximum Gasteiger partial charge on any atom is 0.342 e. The molecule has 1 aromatic carbocycles. The van der Waals surface area contributed by atoms with E-state index in [0.29, 0.717) is 0 Å². The van der Waals surface area contributed by atoms with Crippen molar-refractivity contribution in [1.29, 1.82) is 0 Å². The van der Waals surface area contributed by atoms with Crippen LogP contribution in [0.15, 0.2) is 24.0 Å². The summed E-state index contributed by atoms with van der Waals surface area (Å²) in [4.78, 5) is 31.8. The van der Waals surface area contributed by atoms with Gasteiger partial charge in [-0.25, -0.2) is 4.79 Å². The van der Waals surface area contributed by atoms with Crippen LogP contribution in [0.3, 0.4) is 0 Å². The highest BCUT2D eigenvalue weighted by Gasteiger charge is 2.27. The van der Waals surface area contributed by atoms with Gasteiger partial charge in [-0.2, -0.15) is 0 Å². The summed E-state index contributed by atoms with van der Waals surface area (Å²) >= 11 is 0. The number of hydrogen-bond acceptors (Lipinski definition) is 8. The SMILES string of the molecule is CCOC(=O)C(=C(N)N)c1ccc([N+](=O)[O-])cc1[N+](=O)[O-]. The topological polar surface area (TPSA) is 165 Å². The third kappa shape index (κ3) is 3.43. The van der Waals surface area contributed by atoms with E-state index in [1.165, 1.54) is 6.92 Å². The lowest BCUT2D eigenvalue weighted by molar-refractivity contribution is -0.394. The Morgan fingerprint density at radius 3 is 2.29 bits per heavy atom. The number of ether oxygens (including phenoxy) is 1. The van der Waals surface area contributed by atoms with Crippen LogP contribution >= 0.6 is 0 Å². The molecule has 0 aromatic heterocycles. The molecular formula is C11H12N4O6. The zero-order valence-electron chi connectivity index (χ0n) is 10.9. The van der Waals surface area contributed by atoms with Gasteiger partial charge < -0.3 is 16.2 Å². The first kappa shape index (κ1) is 15.9. The Hall–Kier alpha value is -3.17. The Labute approximate surface area is 118 Å². The lowest BCUT2D eigenvalue weighted by Crippen LogP contribution is -2.19. The van der Waals surface area contributed by atoms with Crippen LogP contribution in [-0.2, 0) is 9.53 Å². The minimum atomic E-state index is -0.950. The van der Waals surface area contributed by atoms with E-state index >= 15 is 0 Å². The fraction of sp³-hybridized carbons (Fsp3) is 0.182. The van der Waals surface area contributed by atoms with E-state index < -0.39 is 38.6 Å². The van der Waals surface area contributed by atoms with Crippen LogP contribution < -0.4 is 11.5 Å². The number of nitro benzene ring substituents is 2. The maximum atomic E-state index is 11.8. The number of carbonyl (C=O) groups excluding carboxylic acids is 1. The van der Waals surface area contributed by atoms with Gasteiger partial charge in [-0.05, 0) is 13.0 Å². The molecule has 4 N–H and O–H groups in total. The number of carbonyl (C=O) groups is 1. The first-order valence-corrected chi connectivity index (χ1v) is 5.65. The number of nitrogens with zero attached hydrogens (tertiary/aromatic N) is 2. The number of nitrogens with two attached hydrogens (primary N) is 2. The third-order valence-corrected chi connectivity index (χ3v) is 2.43. The second kappa shape index (κ2) is 6.32. The van der Waals surface area contributed by atoms with Crippen molar-refractivity contribution in [2.45, 2.75) is 6.92 Å². The number of non-ortho nitro benzene ring substituents is 1. The van der Waals surface area contributed by atoms with Gasteiger partial charge in [0.15, 0.2) is 0 Å². The van der Waals surface area contributed by atoms with E-state index in [1.807, 2.05) is 0 Å². The van der Waals surface area contributed by atoms with E-state index in [0.717, 1.165) is 18.2 Å². The van der Waals surface area contributed by atoms with E-state index in [-0.39, 0.29) is 12.2 Å². The summed E-state index contributed by atoms with van der Waals surface area (Å²) in [5, 5.41) is 21.7. The molecule has 112 valence electrons. The van der Waals surface area contributed by atoms with Gasteiger partial charge >= 0.3 is 5.97 Å². The van der Waals surface area contributed by atoms with E-state index in [1.54, 1.807) is 0 Å². The van der Waals surface area contributed by atoms with Crippen LogP contribution in [0, 0.1) is 20.2 Å². The average molecular weight is 296 g/mol. The zero-order chi connectivity index (χ0) is 16.2. The standard InChI is InChI=1S/C11H12N4O6/c1-2-21-11(16)9(10(12)13)7-4-3-6(14(17)18)5-8(7)15(19)20/h3-5H,2,12-13H2,1H3. The molecule has 1 aromatic rings. The Kier molecular flexibility index (Phi) is 4.78. The van der Waals surface area contributed by atoms with Gasteiger partial charge in [0.25, 0.3) is 11.4 Å². The fourth-order valence-electron chi connectivity index (χ4n) is 1.58. The lowest BCUT2D eigenvalue weighted by Gasteiger charge is -2.09. The Morgan fingerprint density at radius 2 is 1.86 bits per heavy atom. The third-order valence-electron chi connectivity index (χ3n) is 2.43. The first-order valence-electron chi connectivity index (χ1n) is 5.65. The van der Waals surface area contributed by atoms with Crippen LogP contribution in [0.1, 0.15) is 12.5 Å². The van der Waals surface area contributed by atoms with Gasteiger partial charge in [-0.1, -0.05) is 0 Å². The molecule has 0 aliphatic heterocycles. The Bertz CT molecular complexity index is 636. The molecule has 0 amide bonds. The maximum absolute atomic E-state index is 11.8. The molecule has 0 spiro atoms. The molecule has 0 unspecified atom stereocenters. The van der Waals surface area contributed by atoms with Crippen LogP contribution in [0.5, 0.6) is 0 Å². The molecule has 0 atom stereocenters. The summed E-state index contributed by atoms with van der Waals surface area (Å²) in [7, 11) is 0. The van der Waals surface area contributed by atoms with Crippen molar-refractivity contribution < 1.29 is 19.4 Å². The highest BCUT2D eigenvalue weighted by Crippen LogP contribution is 2.31. The van der Waals surface area contributed by atoms with Crippen LogP contribution in [0.4, 0.5) is 11.4 Å². The second-order valence-corrected chi connectivity index (χ2v) is 3.77. The molecule has 0 saturated heterocycles. The number of esters is 1. The predicted molar refractivity (Wildman–Crippen MR) is 71.7 cm³/mol. The highest BCUT2D eigenvalue weighted by molar-refractivity contribution is 6.18. The molecule has 0 radical (unpaired) electrons. The lowest BCUT2D eigenvalue weighted by atomic mass is 10.0. The molecular weight excluding hydrogens is 284 g/mol. The number of rotatable bonds is 5. The minimum absolute atomic E-state index is 0.0103. The molecule has 0 aliphatic rings. The summed E-state index contributed by atoms with van der Waals surface area (Å²) in [6, 6.07) is 2.75. The molecule has 0 fully saturated rings. The van der Waals surface area contributed by atoms with E-state index in [2.05, 4.69) is 0 Å². The van der Waals surface area contributed by atoms with Crippen molar-refractivity contribution in [1.82, 2.24) is 0 Å². The van der Waals surface area contributed by atoms with Crippen molar-refractivity contribution >= 4 is 22.9 Å². The molecule has 0 saturated carbocycles. The first-order chi connectivity index (χ1) is 9.79. The molecule has 0 aliphatic carbocycles. The van der Waals surface area contributed by atoms with Gasteiger partial charge in [0.05, 0.1) is 28.1 Å². The highest BCUT2D eigenvalue weighted by atomic mass is 16.6. The van der Waals surface area contributed by atoms with E-state index in [9.17, 15) is 25.0 Å². The molecule has 10 heteroatoms. The van der Waals surface area contributed by atoms with Gasteiger partial charge in [0, 0.05) is 6.07 Å². The molecule has 21 heavy (non-hydrogen) atoms. The minimum Gasteiger partial charge on any atom is -0.462 e. The van der Waals surface area contributed by atoms with E-state index in [4.69, 9.17) is 16.2 Å². The molecule has 0 bridgehead atoms. The Balaban J connectivity index is 3.53. The largest absolute Gasteiger partial charge is 0.462 e. The van der Waals surface area contributed by atoms with Crippen LogP contribution in [0.2, 0.25) is 0 Å². The fourth-order valence-corrected chi connectivity index (χ4v) is 1.58. The zero-order valence-corrected chi connectivity index (χ0v) is 10.9. The quantitative estimate of drug-likeness (QED) is 0.346. The summed E-state index contributed by atoms with van der Waals surface area (Å²) < 4.78 is 4.72. The predicted octanol–water partition coefficient (Wildman–Crippen LogP) is 0.652. The number of benzene rings is 1. The summed E-state index contributed by atoms with van der Waals surface area (Å²) in [5.41, 5.74) is 8.92. The second-order valence-electron chi connectivity index (χ2n) is 3.77. The Morgan fingerprint density at radius 1 is 1.24 bits per heavy atom. The van der Waals surface area contributed by atoms with Gasteiger partial charge in [0.1, 0.15) is 11.4 Å². The normalized spacial score (nSPS) is 9.76. The monoisotopic (exact) mass is 296 g/mol. The van der Waals surface area contributed by atoms with Crippen LogP contribution in [0.25, 0.3) is 5.57 Å². The molecule has 10 nitrogen and oxygen atoms in total. The van der Waals surface area contributed by atoms with Crippen molar-refractivity contribution in [3.8, 4) is 0 Å². The van der Waals surface area contributed by atoms with Crippen molar-refractivity contribution in [2.75, 3.05) is 6.61 Å². The average Bonchev–Trinajstić information content (AvgIpc) is 2.38. The summed E-state index contributed by atoms with van der Waals surface area (Å²) in [6.07, 6.45) is 0. The van der Waals surface area contributed by atoms with Gasteiger partial charge in [-0.3, -0.25) is 20.2 Å². The molecule has 1 rings (SSSR count). The number of hydrogen-bond donors (Lipinski definition) is 2. The summed E-state index contributed by atoms with van der Waals surface area (Å²) in [5.74, 6) is -1.43. The van der Waals surface area contributed by atoms with Crippen molar-refractivity contribution in [3.63, 3.8) is 0 Å². The van der Waals surface area contributed by atoms with Gasteiger partial charge in [-0.15, -0.1) is 0 Å². The smallest absolute Gasteiger partial charge is 0.342 e. The van der Waals surface area contributed by atoms with Crippen molar-refractivity contribution in [3.05, 3.63) is 49.8 Å². The number of nitro groups is 2. The van der Waals surface area contributed by atoms with Gasteiger partial charge in [0.2, 0.25) is 0 Å². The molecule has 0 heterocycles. The summed E-state index contributed by atoms with van der Waals surface area (Å²) in [6.45, 7) is 1.54.